The summed E-state index contributed by atoms with van der Waals surface area (Å²) in [5, 5.41) is 0. The molecular weight excluding hydrogens is 468 g/mol. The van der Waals surface area contributed by atoms with Crippen LogP contribution in [0.5, 0.6) is 0 Å². The first kappa shape index (κ1) is 22.6. The summed E-state index contributed by atoms with van der Waals surface area (Å²) in [7, 11) is -7.03. The van der Waals surface area contributed by atoms with Crippen LogP contribution in [-0.2, 0) is 27.1 Å². The number of halogens is 2. The zero-order valence-electron chi connectivity index (χ0n) is 17.1. The molecule has 0 amide bonds. The normalized spacial score (nSPS) is 16.6. The molecule has 1 aliphatic rings. The maximum atomic E-state index is 14.0. The fourth-order valence-electron chi connectivity index (χ4n) is 3.68. The molecule has 0 saturated carbocycles. The smallest absolute Gasteiger partial charge is 0.408 e. The molecule has 9 nitrogen and oxygen atoms in total. The number of nitrogens with zero attached hydrogens (tertiary/aromatic N) is 3. The number of hydrogen-bond acceptors (Lipinski definition) is 6. The zero-order chi connectivity index (χ0) is 23.4. The van der Waals surface area contributed by atoms with Crippen LogP contribution in [0.3, 0.4) is 0 Å². The summed E-state index contributed by atoms with van der Waals surface area (Å²) in [5.74, 6) is -3.06. The molecule has 0 bridgehead atoms. The molecule has 0 radical (unpaired) electrons. The summed E-state index contributed by atoms with van der Waals surface area (Å²) in [6.45, 7) is 0.585. The molecule has 0 atom stereocenters. The Bertz CT molecular complexity index is 1470. The average Bonchev–Trinajstić information content (AvgIpc) is 3.00. The minimum atomic E-state index is -4.49. The van der Waals surface area contributed by atoms with E-state index in [4.69, 9.17) is 4.42 Å². The Balaban J connectivity index is 1.61. The van der Waals surface area contributed by atoms with Crippen molar-refractivity contribution in [2.45, 2.75) is 16.7 Å². The number of aryl methyl sites for hydroxylation is 2. The van der Waals surface area contributed by atoms with Crippen LogP contribution >= 0.6 is 0 Å². The minimum Gasteiger partial charge on any atom is -0.408 e. The highest BCUT2D eigenvalue weighted by molar-refractivity contribution is 7.89. The third kappa shape index (κ3) is 3.54. The number of piperazine rings is 1. The summed E-state index contributed by atoms with van der Waals surface area (Å²) in [6, 6.07) is 5.53. The van der Waals surface area contributed by atoms with Gasteiger partial charge in [-0.3, -0.25) is 4.57 Å². The summed E-state index contributed by atoms with van der Waals surface area (Å²) in [6.07, 6.45) is 0. The van der Waals surface area contributed by atoms with Crippen LogP contribution in [0.25, 0.3) is 11.1 Å². The van der Waals surface area contributed by atoms with E-state index >= 15 is 0 Å². The van der Waals surface area contributed by atoms with E-state index in [0.717, 1.165) is 26.8 Å². The fraction of sp³-hybridized carbons (Fsp3) is 0.316. The van der Waals surface area contributed by atoms with Gasteiger partial charge in [-0.05, 0) is 30.7 Å². The Morgan fingerprint density at radius 2 is 1.44 bits per heavy atom. The number of fused-ring (bicyclic) bond motifs is 1. The van der Waals surface area contributed by atoms with Gasteiger partial charge in [0.15, 0.2) is 10.5 Å². The lowest BCUT2D eigenvalue weighted by Gasteiger charge is -2.33. The summed E-state index contributed by atoms with van der Waals surface area (Å²) in [5.41, 5.74) is 0.935. The highest BCUT2D eigenvalue weighted by Gasteiger charge is 2.37. The van der Waals surface area contributed by atoms with E-state index in [1.807, 2.05) is 0 Å². The summed E-state index contributed by atoms with van der Waals surface area (Å²) >= 11 is 0. The first-order valence-electron chi connectivity index (χ1n) is 9.49. The van der Waals surface area contributed by atoms with Crippen molar-refractivity contribution in [2.24, 2.45) is 7.05 Å². The van der Waals surface area contributed by atoms with Gasteiger partial charge in [-0.25, -0.2) is 30.4 Å². The Labute approximate surface area is 182 Å². The standard InChI is InChI=1S/C19H19F2N3O6S2/c1-12-10-15-16(30-19(25)22(15)2)11-17(12)31(26,27)23-6-8-24(9-7-23)32(28,29)18-13(20)4-3-5-14(18)21/h3-5,10-11H,6-9H2,1-2H3. The molecule has 2 aromatic carbocycles. The molecule has 4 rings (SSSR count). The quantitative estimate of drug-likeness (QED) is 0.551. The van der Waals surface area contributed by atoms with Crippen molar-refractivity contribution in [1.29, 1.82) is 0 Å². The molecule has 0 spiro atoms. The van der Waals surface area contributed by atoms with E-state index in [9.17, 15) is 30.4 Å². The van der Waals surface area contributed by atoms with Crippen molar-refractivity contribution in [2.75, 3.05) is 26.2 Å². The Morgan fingerprint density at radius 3 is 2.00 bits per heavy atom. The largest absolute Gasteiger partial charge is 0.419 e. The topological polar surface area (TPSA) is 110 Å². The van der Waals surface area contributed by atoms with E-state index in [-0.39, 0.29) is 36.7 Å². The Morgan fingerprint density at radius 1 is 0.906 bits per heavy atom. The molecule has 32 heavy (non-hydrogen) atoms. The molecule has 172 valence electrons. The molecule has 13 heteroatoms. The molecule has 1 aliphatic heterocycles. The lowest BCUT2D eigenvalue weighted by atomic mass is 10.2. The molecule has 1 fully saturated rings. The van der Waals surface area contributed by atoms with Gasteiger partial charge in [0.05, 0.1) is 10.4 Å². The van der Waals surface area contributed by atoms with Gasteiger partial charge in [-0.2, -0.15) is 8.61 Å². The number of oxazole rings is 1. The molecule has 0 N–H and O–H groups in total. The Hall–Kier alpha value is -2.61. The second-order valence-corrected chi connectivity index (χ2v) is 11.2. The molecule has 2 heterocycles. The van der Waals surface area contributed by atoms with Gasteiger partial charge in [0.25, 0.3) is 0 Å². The number of rotatable bonds is 4. The molecule has 1 saturated heterocycles. The van der Waals surface area contributed by atoms with Gasteiger partial charge in [0.2, 0.25) is 20.0 Å². The van der Waals surface area contributed by atoms with E-state index in [1.165, 1.54) is 23.7 Å². The molecule has 0 aliphatic carbocycles. The molecule has 0 unspecified atom stereocenters. The van der Waals surface area contributed by atoms with Gasteiger partial charge < -0.3 is 4.42 Å². The van der Waals surface area contributed by atoms with Gasteiger partial charge in [0, 0.05) is 39.3 Å². The van der Waals surface area contributed by atoms with Crippen LogP contribution < -0.4 is 5.76 Å². The first-order chi connectivity index (χ1) is 14.9. The van der Waals surface area contributed by atoms with E-state index < -0.39 is 42.3 Å². The highest BCUT2D eigenvalue weighted by atomic mass is 32.2. The maximum absolute atomic E-state index is 14.0. The van der Waals surface area contributed by atoms with Gasteiger partial charge in [-0.15, -0.1) is 0 Å². The van der Waals surface area contributed by atoms with Gasteiger partial charge in [-0.1, -0.05) is 6.07 Å². The van der Waals surface area contributed by atoms with Crippen LogP contribution in [0.1, 0.15) is 5.56 Å². The van der Waals surface area contributed by atoms with Crippen molar-refractivity contribution < 1.29 is 30.0 Å². The second kappa shape index (κ2) is 7.76. The van der Waals surface area contributed by atoms with Crippen molar-refractivity contribution in [3.05, 3.63) is 58.1 Å². The van der Waals surface area contributed by atoms with Crippen molar-refractivity contribution in [3.8, 4) is 0 Å². The van der Waals surface area contributed by atoms with Crippen LogP contribution in [-0.4, -0.2) is 56.2 Å². The summed E-state index contributed by atoms with van der Waals surface area (Å²) in [4.78, 5) is 10.6. The number of aromatic nitrogens is 1. The van der Waals surface area contributed by atoms with Crippen molar-refractivity contribution in [3.63, 3.8) is 0 Å². The van der Waals surface area contributed by atoms with Crippen LogP contribution in [0.2, 0.25) is 0 Å². The lowest BCUT2D eigenvalue weighted by molar-refractivity contribution is 0.271. The van der Waals surface area contributed by atoms with Gasteiger partial charge in [0.1, 0.15) is 11.6 Å². The molecule has 3 aromatic rings. The Kier molecular flexibility index (Phi) is 5.48. The van der Waals surface area contributed by atoms with E-state index in [2.05, 4.69) is 0 Å². The third-order valence-electron chi connectivity index (χ3n) is 5.42. The average molecular weight is 488 g/mol. The summed E-state index contributed by atoms with van der Waals surface area (Å²) < 4.78 is 88.1. The third-order valence-corrected chi connectivity index (χ3v) is 9.41. The van der Waals surface area contributed by atoms with E-state index in [1.54, 1.807) is 6.92 Å². The van der Waals surface area contributed by atoms with Crippen LogP contribution in [0, 0.1) is 18.6 Å². The maximum Gasteiger partial charge on any atom is 0.419 e. The SMILES string of the molecule is Cc1cc2c(cc1S(=O)(=O)N1CCN(S(=O)(=O)c3c(F)cccc3F)CC1)oc(=O)n2C. The highest BCUT2D eigenvalue weighted by Crippen LogP contribution is 2.28. The molecule has 1 aromatic heterocycles. The lowest BCUT2D eigenvalue weighted by Crippen LogP contribution is -2.50. The van der Waals surface area contributed by atoms with Crippen molar-refractivity contribution >= 4 is 31.1 Å². The predicted octanol–water partition coefficient (Wildman–Crippen LogP) is 1.41. The van der Waals surface area contributed by atoms with Crippen LogP contribution in [0.4, 0.5) is 8.78 Å². The van der Waals surface area contributed by atoms with E-state index in [0.29, 0.717) is 11.1 Å². The number of hydrogen-bond donors (Lipinski definition) is 0. The van der Waals surface area contributed by atoms with Crippen molar-refractivity contribution in [1.82, 2.24) is 13.2 Å². The second-order valence-electron chi connectivity index (χ2n) is 7.37. The number of sulfonamides is 2. The fourth-order valence-corrected chi connectivity index (χ4v) is 6.86. The van der Waals surface area contributed by atoms with Gasteiger partial charge >= 0.3 is 5.76 Å². The molecular formula is C19H19F2N3O6S2. The number of benzene rings is 2. The minimum absolute atomic E-state index is 0.0733. The monoisotopic (exact) mass is 487 g/mol. The zero-order valence-corrected chi connectivity index (χ0v) is 18.7. The van der Waals surface area contributed by atoms with Crippen LogP contribution in [0.15, 0.2) is 49.3 Å². The first-order valence-corrected chi connectivity index (χ1v) is 12.4. The predicted molar refractivity (Wildman–Crippen MR) is 110 cm³/mol.